The van der Waals surface area contributed by atoms with Crippen molar-refractivity contribution in [2.24, 2.45) is 0 Å². The first-order valence-corrected chi connectivity index (χ1v) is 5.86. The van der Waals surface area contributed by atoms with Crippen molar-refractivity contribution in [1.29, 1.82) is 0 Å². The smallest absolute Gasteiger partial charge is 0.101 e. The first kappa shape index (κ1) is 10.0. The van der Waals surface area contributed by atoms with Crippen molar-refractivity contribution in [1.82, 2.24) is 9.97 Å². The summed E-state index contributed by atoms with van der Waals surface area (Å²) in [5.41, 5.74) is 1.98. The maximum absolute atomic E-state index is 4.29. The molecule has 0 saturated heterocycles. The Balaban J connectivity index is 2.40. The van der Waals surface area contributed by atoms with Crippen molar-refractivity contribution in [2.75, 3.05) is 0 Å². The lowest BCUT2D eigenvalue weighted by atomic mass is 10.2. The van der Waals surface area contributed by atoms with E-state index in [1.165, 1.54) is 0 Å². The molecule has 2 nitrogen and oxygen atoms in total. The van der Waals surface area contributed by atoms with E-state index in [0.29, 0.717) is 0 Å². The van der Waals surface area contributed by atoms with Gasteiger partial charge in [0.1, 0.15) is 3.70 Å². The Hall–Kier alpha value is -0.490. The molecule has 70 valence electrons. The lowest BCUT2D eigenvalue weighted by Gasteiger charge is -1.99. The number of hydrogen-bond acceptors (Lipinski definition) is 2. The van der Waals surface area contributed by atoms with Crippen LogP contribution in [0.5, 0.6) is 0 Å². The van der Waals surface area contributed by atoms with Crippen molar-refractivity contribution in [2.45, 2.75) is 0 Å². The minimum atomic E-state index is 0.942. The van der Waals surface area contributed by atoms with Gasteiger partial charge in [-0.15, -0.1) is 0 Å². The fourth-order valence-electron chi connectivity index (χ4n) is 1.07. The molecule has 0 radical (unpaired) electrons. The molecule has 2 aromatic heterocycles. The number of hydrogen-bond donors (Lipinski definition) is 0. The molecule has 0 unspecified atom stereocenters. The van der Waals surface area contributed by atoms with Gasteiger partial charge in [-0.05, 0) is 62.8 Å². The molecule has 2 heterocycles. The molecule has 4 heteroatoms. The van der Waals surface area contributed by atoms with Crippen LogP contribution in [0, 0.1) is 3.70 Å². The van der Waals surface area contributed by atoms with Gasteiger partial charge in [-0.1, -0.05) is 0 Å². The third kappa shape index (κ3) is 2.30. The molecule has 0 spiro atoms. The minimum absolute atomic E-state index is 0.942. The van der Waals surface area contributed by atoms with Crippen LogP contribution in [0.1, 0.15) is 0 Å². The Morgan fingerprint density at radius 1 is 1.00 bits per heavy atom. The van der Waals surface area contributed by atoms with Gasteiger partial charge >= 0.3 is 0 Å². The molecule has 2 aromatic rings. The third-order valence-electron chi connectivity index (χ3n) is 1.75. The highest BCUT2D eigenvalue weighted by Crippen LogP contribution is 2.18. The molecule has 0 aliphatic carbocycles. The van der Waals surface area contributed by atoms with Crippen LogP contribution in [0.3, 0.4) is 0 Å². The number of pyridine rings is 2. The van der Waals surface area contributed by atoms with Crippen molar-refractivity contribution >= 4 is 38.5 Å². The van der Waals surface area contributed by atoms with Gasteiger partial charge in [-0.2, -0.15) is 0 Å². The van der Waals surface area contributed by atoms with Gasteiger partial charge in [0.05, 0.1) is 5.69 Å². The molecule has 0 aliphatic rings. The number of nitrogens with zero attached hydrogens (tertiary/aromatic N) is 2. The Labute approximate surface area is 104 Å². The van der Waals surface area contributed by atoms with Gasteiger partial charge in [0, 0.05) is 22.4 Å². The van der Waals surface area contributed by atoms with E-state index >= 15 is 0 Å². The second-order valence-corrected chi connectivity index (χ2v) is 4.75. The molecule has 0 bridgehead atoms. The predicted molar refractivity (Wildman–Crippen MR) is 67.9 cm³/mol. The average Bonchev–Trinajstić information content (AvgIpc) is 2.21. The van der Waals surface area contributed by atoms with Gasteiger partial charge in [0.2, 0.25) is 0 Å². The zero-order valence-electron chi connectivity index (χ0n) is 7.11. The fraction of sp³-hybridized carbons (Fsp3) is 0. The molecule has 0 aromatic carbocycles. The highest BCUT2D eigenvalue weighted by molar-refractivity contribution is 14.1. The summed E-state index contributed by atoms with van der Waals surface area (Å²) < 4.78 is 1.98. The molecule has 14 heavy (non-hydrogen) atoms. The molecule has 0 aliphatic heterocycles. The Morgan fingerprint density at radius 2 is 1.86 bits per heavy atom. The number of halogens is 2. The van der Waals surface area contributed by atoms with Crippen LogP contribution in [0.4, 0.5) is 0 Å². The van der Waals surface area contributed by atoms with E-state index in [4.69, 9.17) is 0 Å². The number of aromatic nitrogens is 2. The lowest BCUT2D eigenvalue weighted by molar-refractivity contribution is 1.24. The van der Waals surface area contributed by atoms with E-state index in [1.54, 1.807) is 6.20 Å². The van der Waals surface area contributed by atoms with Crippen LogP contribution in [0.2, 0.25) is 0 Å². The second kappa shape index (κ2) is 4.35. The van der Waals surface area contributed by atoms with Crippen LogP contribution in [-0.4, -0.2) is 9.97 Å². The van der Waals surface area contributed by atoms with Crippen molar-refractivity contribution in [3.63, 3.8) is 0 Å². The van der Waals surface area contributed by atoms with Crippen LogP contribution < -0.4 is 0 Å². The summed E-state index contributed by atoms with van der Waals surface area (Å²) in [7, 11) is 0. The zero-order chi connectivity index (χ0) is 9.97. The van der Waals surface area contributed by atoms with Gasteiger partial charge in [-0.25, -0.2) is 4.98 Å². The summed E-state index contributed by atoms with van der Waals surface area (Å²) in [4.78, 5) is 8.50. The van der Waals surface area contributed by atoms with E-state index in [2.05, 4.69) is 48.5 Å². The Morgan fingerprint density at radius 3 is 2.43 bits per heavy atom. The topological polar surface area (TPSA) is 25.8 Å². The second-order valence-electron chi connectivity index (χ2n) is 2.73. The first-order valence-electron chi connectivity index (χ1n) is 3.99. The first-order chi connectivity index (χ1) is 6.75. The van der Waals surface area contributed by atoms with Crippen LogP contribution in [0.25, 0.3) is 11.3 Å². The molecule has 2 rings (SSSR count). The molecule has 0 amide bonds. The maximum atomic E-state index is 4.29. The summed E-state index contributed by atoms with van der Waals surface area (Å²) in [6.07, 6.45) is 3.62. The van der Waals surface area contributed by atoms with E-state index in [0.717, 1.165) is 19.4 Å². The van der Waals surface area contributed by atoms with Crippen molar-refractivity contribution in [3.8, 4) is 11.3 Å². The van der Waals surface area contributed by atoms with Crippen LogP contribution in [-0.2, 0) is 0 Å². The summed E-state index contributed by atoms with van der Waals surface area (Å²) in [6.45, 7) is 0. The largest absolute Gasteiger partial charge is 0.255 e. The van der Waals surface area contributed by atoms with Gasteiger partial charge in [-0.3, -0.25) is 4.98 Å². The van der Waals surface area contributed by atoms with Crippen LogP contribution in [0.15, 0.2) is 41.1 Å². The Kier molecular flexibility index (Phi) is 3.12. The zero-order valence-corrected chi connectivity index (χ0v) is 10.9. The number of rotatable bonds is 1. The molecular weight excluding hydrogens is 355 g/mol. The van der Waals surface area contributed by atoms with Gasteiger partial charge in [0.25, 0.3) is 0 Å². The monoisotopic (exact) mass is 360 g/mol. The van der Waals surface area contributed by atoms with E-state index < -0.39 is 0 Å². The van der Waals surface area contributed by atoms with E-state index in [1.807, 2.05) is 30.5 Å². The molecular formula is C10H6BrIN2. The normalized spacial score (nSPS) is 10.1. The predicted octanol–water partition coefficient (Wildman–Crippen LogP) is 3.51. The fourth-order valence-corrected chi connectivity index (χ4v) is 1.63. The SMILES string of the molecule is Brc1ccc(-c2ccc(I)nc2)nc1. The van der Waals surface area contributed by atoms with E-state index in [9.17, 15) is 0 Å². The lowest BCUT2D eigenvalue weighted by Crippen LogP contribution is -1.85. The van der Waals surface area contributed by atoms with Gasteiger partial charge < -0.3 is 0 Å². The minimum Gasteiger partial charge on any atom is -0.255 e. The molecule has 0 atom stereocenters. The van der Waals surface area contributed by atoms with E-state index in [-0.39, 0.29) is 0 Å². The maximum Gasteiger partial charge on any atom is 0.101 e. The summed E-state index contributed by atoms with van der Waals surface area (Å²) in [5, 5.41) is 0. The standard InChI is InChI=1S/C10H6BrIN2/c11-8-2-3-9(13-6-8)7-1-4-10(12)14-5-7/h1-6H. The van der Waals surface area contributed by atoms with Crippen molar-refractivity contribution < 1.29 is 0 Å². The summed E-state index contributed by atoms with van der Waals surface area (Å²) >= 11 is 5.53. The third-order valence-corrected chi connectivity index (χ3v) is 2.86. The summed E-state index contributed by atoms with van der Waals surface area (Å²) in [6, 6.07) is 7.93. The van der Waals surface area contributed by atoms with Crippen LogP contribution >= 0.6 is 38.5 Å². The van der Waals surface area contributed by atoms with Gasteiger partial charge in [0.15, 0.2) is 0 Å². The summed E-state index contributed by atoms with van der Waals surface area (Å²) in [5.74, 6) is 0. The highest BCUT2D eigenvalue weighted by Gasteiger charge is 1.98. The molecule has 0 fully saturated rings. The van der Waals surface area contributed by atoms with Crippen molar-refractivity contribution in [3.05, 3.63) is 44.8 Å². The average molecular weight is 361 g/mol. The highest BCUT2D eigenvalue weighted by atomic mass is 127. The molecule has 0 saturated carbocycles. The molecule has 0 N–H and O–H groups in total. The Bertz CT molecular complexity index is 381. The quantitative estimate of drug-likeness (QED) is 0.574.